The Hall–Kier alpha value is -3.18. The lowest BCUT2D eigenvalue weighted by atomic mass is 10.00. The highest BCUT2D eigenvalue weighted by Gasteiger charge is 2.26. The largest absolute Gasteiger partial charge is 0.495 e. The van der Waals surface area contributed by atoms with Gasteiger partial charge in [-0.3, -0.25) is 0 Å². The molecule has 5 rings (SSSR count). The van der Waals surface area contributed by atoms with E-state index >= 15 is 0 Å². The molecule has 0 atom stereocenters. The maximum Gasteiger partial charge on any atom is 0.144 e. The lowest BCUT2D eigenvalue weighted by Gasteiger charge is -2.15. The van der Waals surface area contributed by atoms with E-state index in [1.165, 1.54) is 0 Å². The number of methoxy groups -OCH3 is 4. The van der Waals surface area contributed by atoms with Crippen molar-refractivity contribution in [1.82, 2.24) is 0 Å². The number of rotatable bonds is 4. The van der Waals surface area contributed by atoms with Gasteiger partial charge in [0.15, 0.2) is 0 Å². The molecule has 0 radical (unpaired) electrons. The van der Waals surface area contributed by atoms with E-state index in [-0.39, 0.29) is 0 Å². The predicted molar refractivity (Wildman–Crippen MR) is 121 cm³/mol. The Kier molecular flexibility index (Phi) is 4.14. The van der Waals surface area contributed by atoms with Crippen molar-refractivity contribution in [3.05, 3.63) is 48.5 Å². The Morgan fingerprint density at radius 2 is 0.793 bits per heavy atom. The maximum atomic E-state index is 5.95. The summed E-state index contributed by atoms with van der Waals surface area (Å²) in [5.74, 6) is 3.31. The summed E-state index contributed by atoms with van der Waals surface area (Å²) in [5.41, 5.74) is 0. The van der Waals surface area contributed by atoms with Crippen LogP contribution in [0, 0.1) is 0 Å². The van der Waals surface area contributed by atoms with Crippen LogP contribution >= 0.6 is 11.3 Å². The van der Waals surface area contributed by atoms with Crippen molar-refractivity contribution < 1.29 is 18.9 Å². The van der Waals surface area contributed by atoms with Crippen molar-refractivity contribution in [2.45, 2.75) is 0 Å². The van der Waals surface area contributed by atoms with Gasteiger partial charge in [-0.25, -0.2) is 0 Å². The van der Waals surface area contributed by atoms with Crippen molar-refractivity contribution >= 4 is 53.1 Å². The lowest BCUT2D eigenvalue weighted by Crippen LogP contribution is -1.93. The van der Waals surface area contributed by atoms with E-state index in [9.17, 15) is 0 Å². The third kappa shape index (κ3) is 2.31. The number of hydrogen-bond donors (Lipinski definition) is 0. The molecular weight excluding hydrogens is 384 g/mol. The van der Waals surface area contributed by atoms with Crippen molar-refractivity contribution in [2.24, 2.45) is 0 Å². The second-order valence-electron chi connectivity index (χ2n) is 6.73. The number of hydrogen-bond acceptors (Lipinski definition) is 5. The molecule has 5 heteroatoms. The first-order valence-electron chi connectivity index (χ1n) is 9.26. The van der Waals surface area contributed by atoms with Gasteiger partial charge < -0.3 is 18.9 Å². The van der Waals surface area contributed by atoms with Crippen LogP contribution in [-0.4, -0.2) is 28.4 Å². The van der Waals surface area contributed by atoms with Gasteiger partial charge in [0.25, 0.3) is 0 Å². The van der Waals surface area contributed by atoms with E-state index < -0.39 is 0 Å². The molecule has 4 nitrogen and oxygen atoms in total. The SMILES string of the molecule is COc1c2ccccc2c(OC)c2c1sc1c(OC)c3ccccc3c(OC)c12. The fraction of sp³-hybridized carbons (Fsp3) is 0.167. The average molecular weight is 404 g/mol. The summed E-state index contributed by atoms with van der Waals surface area (Å²) in [7, 11) is 6.84. The minimum Gasteiger partial charge on any atom is -0.495 e. The Morgan fingerprint density at radius 1 is 0.483 bits per heavy atom. The quantitative estimate of drug-likeness (QED) is 0.347. The summed E-state index contributed by atoms with van der Waals surface area (Å²) >= 11 is 1.64. The average Bonchev–Trinajstić information content (AvgIpc) is 3.15. The Bertz CT molecular complexity index is 1300. The third-order valence-electron chi connectivity index (χ3n) is 5.42. The van der Waals surface area contributed by atoms with Crippen LogP contribution < -0.4 is 18.9 Å². The van der Waals surface area contributed by atoms with Crippen LogP contribution in [0.2, 0.25) is 0 Å². The van der Waals surface area contributed by atoms with Crippen molar-refractivity contribution in [2.75, 3.05) is 28.4 Å². The molecule has 4 aromatic carbocycles. The van der Waals surface area contributed by atoms with Crippen LogP contribution in [0.25, 0.3) is 41.7 Å². The first-order valence-corrected chi connectivity index (χ1v) is 10.1. The van der Waals surface area contributed by atoms with Gasteiger partial charge >= 0.3 is 0 Å². The van der Waals surface area contributed by atoms with Crippen LogP contribution in [-0.2, 0) is 0 Å². The molecule has 0 aliphatic rings. The molecule has 0 saturated heterocycles. The number of thiophene rings is 1. The molecule has 0 N–H and O–H groups in total. The molecule has 29 heavy (non-hydrogen) atoms. The molecule has 0 spiro atoms. The van der Waals surface area contributed by atoms with E-state index in [0.717, 1.165) is 64.7 Å². The number of ether oxygens (including phenoxy) is 4. The molecule has 0 bridgehead atoms. The second-order valence-corrected chi connectivity index (χ2v) is 7.76. The molecule has 0 saturated carbocycles. The van der Waals surface area contributed by atoms with Gasteiger partial charge in [-0.2, -0.15) is 0 Å². The third-order valence-corrected chi connectivity index (χ3v) is 6.61. The van der Waals surface area contributed by atoms with Gasteiger partial charge in [-0.15, -0.1) is 11.3 Å². The normalized spacial score (nSPS) is 11.4. The number of benzene rings is 4. The van der Waals surface area contributed by atoms with E-state index in [1.807, 2.05) is 24.3 Å². The molecule has 0 aliphatic carbocycles. The maximum absolute atomic E-state index is 5.95. The zero-order valence-electron chi connectivity index (χ0n) is 16.7. The fourth-order valence-corrected chi connectivity index (χ4v) is 5.66. The van der Waals surface area contributed by atoms with Gasteiger partial charge in [0, 0.05) is 21.5 Å². The Labute approximate surface area is 172 Å². The highest BCUT2D eigenvalue weighted by molar-refractivity contribution is 7.27. The molecule has 1 aromatic heterocycles. The van der Waals surface area contributed by atoms with Gasteiger partial charge in [0.1, 0.15) is 23.0 Å². The van der Waals surface area contributed by atoms with E-state index in [2.05, 4.69) is 24.3 Å². The van der Waals surface area contributed by atoms with E-state index in [1.54, 1.807) is 39.8 Å². The summed E-state index contributed by atoms with van der Waals surface area (Å²) in [6.07, 6.45) is 0. The van der Waals surface area contributed by atoms with Crippen LogP contribution in [0.15, 0.2) is 48.5 Å². The molecule has 0 unspecified atom stereocenters. The monoisotopic (exact) mass is 404 g/mol. The lowest BCUT2D eigenvalue weighted by molar-refractivity contribution is 0.416. The van der Waals surface area contributed by atoms with Crippen molar-refractivity contribution in [1.29, 1.82) is 0 Å². The van der Waals surface area contributed by atoms with Gasteiger partial charge in [-0.1, -0.05) is 48.5 Å². The Morgan fingerprint density at radius 3 is 1.10 bits per heavy atom. The van der Waals surface area contributed by atoms with E-state index in [0.29, 0.717) is 0 Å². The summed E-state index contributed by atoms with van der Waals surface area (Å²) in [4.78, 5) is 0. The Balaban J connectivity index is 2.17. The second kappa shape index (κ2) is 6.71. The van der Waals surface area contributed by atoms with Gasteiger partial charge in [-0.05, 0) is 0 Å². The highest BCUT2D eigenvalue weighted by atomic mass is 32.1. The molecule has 0 aliphatic heterocycles. The van der Waals surface area contributed by atoms with Crippen LogP contribution in [0.3, 0.4) is 0 Å². The standard InChI is InChI=1S/C24H20O4S/c1-25-19-13-9-5-7-11-15(13)21(27-3)23-17(19)18-20(26-2)14-10-6-8-12-16(14)22(28-4)24(18)29-23/h5-12H,1-4H3. The molecule has 5 aromatic rings. The van der Waals surface area contributed by atoms with E-state index in [4.69, 9.17) is 18.9 Å². The predicted octanol–water partition coefficient (Wildman–Crippen LogP) is 6.40. The van der Waals surface area contributed by atoms with Crippen LogP contribution in [0.4, 0.5) is 0 Å². The fourth-order valence-electron chi connectivity index (χ4n) is 4.29. The zero-order valence-corrected chi connectivity index (χ0v) is 17.5. The topological polar surface area (TPSA) is 36.9 Å². The molecule has 146 valence electrons. The van der Waals surface area contributed by atoms with Crippen LogP contribution in [0.5, 0.6) is 23.0 Å². The van der Waals surface area contributed by atoms with Crippen LogP contribution in [0.1, 0.15) is 0 Å². The van der Waals surface area contributed by atoms with Gasteiger partial charge in [0.2, 0.25) is 0 Å². The number of fused-ring (bicyclic) bond motifs is 5. The smallest absolute Gasteiger partial charge is 0.144 e. The molecule has 0 fully saturated rings. The van der Waals surface area contributed by atoms with Gasteiger partial charge in [0.05, 0.1) is 48.6 Å². The van der Waals surface area contributed by atoms with Crippen molar-refractivity contribution in [3.8, 4) is 23.0 Å². The minimum atomic E-state index is 0.818. The zero-order chi connectivity index (χ0) is 20.1. The molecular formula is C24H20O4S. The van der Waals surface area contributed by atoms with Crippen molar-refractivity contribution in [3.63, 3.8) is 0 Å². The molecule has 0 amide bonds. The summed E-state index contributed by atoms with van der Waals surface area (Å²) in [5, 5.41) is 6.04. The summed E-state index contributed by atoms with van der Waals surface area (Å²) in [6.45, 7) is 0. The first kappa shape index (κ1) is 17.9. The summed E-state index contributed by atoms with van der Waals surface area (Å²) in [6, 6.07) is 16.3. The minimum absolute atomic E-state index is 0.818. The first-order chi connectivity index (χ1) is 14.2. The summed E-state index contributed by atoms with van der Waals surface area (Å²) < 4.78 is 25.7. The highest BCUT2D eigenvalue weighted by Crippen LogP contribution is 2.56. The molecule has 1 heterocycles.